The van der Waals surface area contributed by atoms with Crippen molar-refractivity contribution in [3.63, 3.8) is 0 Å². The molecule has 1 amide bonds. The number of anilines is 1. The highest BCUT2D eigenvalue weighted by molar-refractivity contribution is 8.13. The fourth-order valence-electron chi connectivity index (χ4n) is 2.78. The SMILES string of the molecule is C=C(N=C(SC)c1ccc2c(c1)CCO2)C(=O)Nc1nnc(-c2ccncc2)s1. The van der Waals surface area contributed by atoms with Gasteiger partial charge in [-0.1, -0.05) is 17.9 Å². The second-order valence-corrected chi connectivity index (χ2v) is 7.86. The van der Waals surface area contributed by atoms with Crippen molar-refractivity contribution in [1.82, 2.24) is 15.2 Å². The molecule has 1 aliphatic heterocycles. The second kappa shape index (κ2) is 8.54. The van der Waals surface area contributed by atoms with Gasteiger partial charge in [-0.2, -0.15) is 0 Å². The predicted molar refractivity (Wildman–Crippen MR) is 117 cm³/mol. The second-order valence-electron chi connectivity index (χ2n) is 6.09. The summed E-state index contributed by atoms with van der Waals surface area (Å²) in [5.74, 6) is 0.491. The number of pyridine rings is 1. The fourth-order valence-corrected chi connectivity index (χ4v) is 4.08. The number of hydrogen-bond donors (Lipinski definition) is 1. The first-order valence-corrected chi connectivity index (χ1v) is 10.8. The van der Waals surface area contributed by atoms with Gasteiger partial charge in [0.25, 0.3) is 5.91 Å². The summed E-state index contributed by atoms with van der Waals surface area (Å²) in [6.07, 6.45) is 6.16. The van der Waals surface area contributed by atoms with Crippen LogP contribution in [0.15, 0.2) is 60.0 Å². The van der Waals surface area contributed by atoms with E-state index in [0.717, 1.165) is 33.9 Å². The molecule has 0 spiro atoms. The molecule has 2 aromatic heterocycles. The zero-order valence-electron chi connectivity index (χ0n) is 15.6. The highest BCUT2D eigenvalue weighted by atomic mass is 32.2. The smallest absolute Gasteiger partial charge is 0.275 e. The molecule has 4 rings (SSSR count). The van der Waals surface area contributed by atoms with Gasteiger partial charge in [0.1, 0.15) is 21.5 Å². The number of hydrogen-bond acceptors (Lipinski definition) is 8. The first-order chi connectivity index (χ1) is 14.1. The average Bonchev–Trinajstić information content (AvgIpc) is 3.41. The molecule has 29 heavy (non-hydrogen) atoms. The van der Waals surface area contributed by atoms with Crippen LogP contribution in [-0.4, -0.2) is 39.0 Å². The molecule has 146 valence electrons. The van der Waals surface area contributed by atoms with Crippen LogP contribution in [0.1, 0.15) is 11.1 Å². The molecule has 9 heteroatoms. The van der Waals surface area contributed by atoms with Crippen LogP contribution in [-0.2, 0) is 11.2 Å². The van der Waals surface area contributed by atoms with Crippen molar-refractivity contribution in [2.75, 3.05) is 18.2 Å². The van der Waals surface area contributed by atoms with Gasteiger partial charge < -0.3 is 4.74 Å². The number of nitrogens with zero attached hydrogens (tertiary/aromatic N) is 4. The molecule has 0 unspecified atom stereocenters. The van der Waals surface area contributed by atoms with Crippen molar-refractivity contribution in [3.8, 4) is 16.3 Å². The van der Waals surface area contributed by atoms with E-state index in [1.165, 1.54) is 23.1 Å². The van der Waals surface area contributed by atoms with Crippen molar-refractivity contribution < 1.29 is 9.53 Å². The van der Waals surface area contributed by atoms with Crippen molar-refractivity contribution >= 4 is 39.2 Å². The van der Waals surface area contributed by atoms with Crippen molar-refractivity contribution in [2.24, 2.45) is 4.99 Å². The Hall–Kier alpha value is -3.04. The van der Waals surface area contributed by atoms with E-state index in [4.69, 9.17) is 4.74 Å². The number of aliphatic imine (C=N–C) groups is 1. The number of benzene rings is 1. The summed E-state index contributed by atoms with van der Waals surface area (Å²) >= 11 is 2.73. The number of fused-ring (bicyclic) bond motifs is 1. The average molecular weight is 424 g/mol. The summed E-state index contributed by atoms with van der Waals surface area (Å²) in [4.78, 5) is 20.9. The maximum atomic E-state index is 12.5. The summed E-state index contributed by atoms with van der Waals surface area (Å²) in [5, 5.41) is 12.6. The Morgan fingerprint density at radius 1 is 1.28 bits per heavy atom. The quantitative estimate of drug-likeness (QED) is 0.381. The topological polar surface area (TPSA) is 89.4 Å². The van der Waals surface area contributed by atoms with Gasteiger partial charge in [-0.15, -0.1) is 22.0 Å². The molecule has 0 bridgehead atoms. The number of rotatable bonds is 5. The highest BCUT2D eigenvalue weighted by Crippen LogP contribution is 2.28. The van der Waals surface area contributed by atoms with Crippen LogP contribution in [0.2, 0.25) is 0 Å². The third-order valence-corrected chi connectivity index (χ3v) is 5.80. The Morgan fingerprint density at radius 3 is 2.90 bits per heavy atom. The van der Waals surface area contributed by atoms with Crippen LogP contribution in [0.3, 0.4) is 0 Å². The first kappa shape index (κ1) is 19.3. The van der Waals surface area contributed by atoms with Crippen LogP contribution in [0, 0.1) is 0 Å². The first-order valence-electron chi connectivity index (χ1n) is 8.77. The summed E-state index contributed by atoms with van der Waals surface area (Å²) in [5.41, 5.74) is 3.08. The normalized spacial score (nSPS) is 12.9. The lowest BCUT2D eigenvalue weighted by molar-refractivity contribution is -0.112. The van der Waals surface area contributed by atoms with E-state index in [1.807, 2.05) is 30.5 Å². The van der Waals surface area contributed by atoms with Gasteiger partial charge in [0.15, 0.2) is 0 Å². The summed E-state index contributed by atoms with van der Waals surface area (Å²) < 4.78 is 5.54. The minimum atomic E-state index is -0.418. The molecule has 1 aliphatic rings. The van der Waals surface area contributed by atoms with E-state index < -0.39 is 5.91 Å². The van der Waals surface area contributed by atoms with Gasteiger partial charge >= 0.3 is 0 Å². The molecule has 3 heterocycles. The zero-order chi connectivity index (χ0) is 20.2. The Bertz CT molecular complexity index is 1100. The third-order valence-electron chi connectivity index (χ3n) is 4.20. The number of ether oxygens (including phenoxy) is 1. The standard InChI is InChI=1S/C20H17N5O2S2/c1-12(22-18(28-2)15-3-4-16-14(11-15)7-10-27-16)17(26)23-20-25-24-19(29-20)13-5-8-21-9-6-13/h3-6,8-9,11H,1,7,10H2,2H3,(H,23,25,26). The highest BCUT2D eigenvalue weighted by Gasteiger charge is 2.16. The van der Waals surface area contributed by atoms with Gasteiger partial charge in [0, 0.05) is 29.9 Å². The molecule has 1 N–H and O–H groups in total. The fraction of sp³-hybridized carbons (Fsp3) is 0.150. The van der Waals surface area contributed by atoms with Crippen molar-refractivity contribution in [2.45, 2.75) is 6.42 Å². The number of nitrogens with one attached hydrogen (secondary N) is 1. The monoisotopic (exact) mass is 423 g/mol. The van der Waals surface area contributed by atoms with Crippen LogP contribution in [0.4, 0.5) is 5.13 Å². The molecule has 0 atom stereocenters. The maximum Gasteiger partial charge on any atom is 0.275 e. The molecule has 0 saturated carbocycles. The van der Waals surface area contributed by atoms with Crippen molar-refractivity contribution in [1.29, 1.82) is 0 Å². The van der Waals surface area contributed by atoms with E-state index in [-0.39, 0.29) is 5.70 Å². The Kier molecular flexibility index (Phi) is 5.68. The summed E-state index contributed by atoms with van der Waals surface area (Å²) in [6, 6.07) is 9.60. The van der Waals surface area contributed by atoms with Gasteiger partial charge in [0.05, 0.1) is 6.61 Å². The van der Waals surface area contributed by atoms with E-state index in [2.05, 4.69) is 38.1 Å². The van der Waals surface area contributed by atoms with Crippen LogP contribution in [0.25, 0.3) is 10.6 Å². The Labute approximate surface area is 176 Å². The lowest BCUT2D eigenvalue weighted by atomic mass is 10.1. The van der Waals surface area contributed by atoms with Gasteiger partial charge in [-0.3, -0.25) is 15.1 Å². The molecule has 7 nitrogen and oxygen atoms in total. The van der Waals surface area contributed by atoms with E-state index >= 15 is 0 Å². The number of carbonyl (C=O) groups excluding carboxylic acids is 1. The zero-order valence-corrected chi connectivity index (χ0v) is 17.2. The van der Waals surface area contributed by atoms with E-state index in [0.29, 0.717) is 16.7 Å². The lowest BCUT2D eigenvalue weighted by Gasteiger charge is -2.07. The predicted octanol–water partition coefficient (Wildman–Crippen LogP) is 3.80. The Balaban J connectivity index is 1.47. The molecule has 1 aromatic carbocycles. The third kappa shape index (κ3) is 4.36. The molecule has 0 aliphatic carbocycles. The van der Waals surface area contributed by atoms with Gasteiger partial charge in [-0.05, 0) is 42.2 Å². The molecule has 0 saturated heterocycles. The van der Waals surface area contributed by atoms with Crippen molar-refractivity contribution in [3.05, 3.63) is 66.1 Å². The van der Waals surface area contributed by atoms with Gasteiger partial charge in [0.2, 0.25) is 5.13 Å². The van der Waals surface area contributed by atoms with E-state index in [1.54, 1.807) is 12.4 Å². The van der Waals surface area contributed by atoms with Crippen LogP contribution in [0.5, 0.6) is 5.75 Å². The number of thioether (sulfide) groups is 1. The van der Waals surface area contributed by atoms with E-state index in [9.17, 15) is 4.79 Å². The molecule has 0 fully saturated rings. The molecular formula is C20H17N5O2S2. The number of carbonyl (C=O) groups is 1. The number of aromatic nitrogens is 3. The minimum absolute atomic E-state index is 0.103. The number of amides is 1. The molecule has 0 radical (unpaired) electrons. The molecular weight excluding hydrogens is 406 g/mol. The largest absolute Gasteiger partial charge is 0.493 e. The minimum Gasteiger partial charge on any atom is -0.493 e. The Morgan fingerprint density at radius 2 is 2.10 bits per heavy atom. The van der Waals surface area contributed by atoms with Gasteiger partial charge in [-0.25, -0.2) is 4.99 Å². The van der Waals surface area contributed by atoms with Crippen LogP contribution >= 0.6 is 23.1 Å². The summed E-state index contributed by atoms with van der Waals surface area (Å²) in [7, 11) is 0. The van der Waals surface area contributed by atoms with Crippen LogP contribution < -0.4 is 10.1 Å². The lowest BCUT2D eigenvalue weighted by Crippen LogP contribution is -2.13. The molecule has 3 aromatic rings. The maximum absolute atomic E-state index is 12.5. The summed E-state index contributed by atoms with van der Waals surface area (Å²) in [6.45, 7) is 4.51.